The number of ether oxygens (including phenoxy) is 1. The fraction of sp³-hybridized carbons (Fsp3) is 0.458. The number of carbonyl (C=O) groups excluding carboxylic acids is 1. The molecule has 4 rings (SSSR count). The minimum atomic E-state index is -0.334. The number of anilines is 1. The van der Waals surface area contributed by atoms with Gasteiger partial charge in [-0.15, -0.1) is 0 Å². The number of carbonyl (C=O) groups is 1. The van der Waals surface area contributed by atoms with E-state index in [0.29, 0.717) is 23.9 Å². The molecule has 2 heterocycles. The number of likely N-dealkylation sites (tertiary alicyclic amines) is 1. The first-order valence-electron chi connectivity index (χ1n) is 10.5. The number of urea groups is 1. The van der Waals surface area contributed by atoms with E-state index >= 15 is 0 Å². The summed E-state index contributed by atoms with van der Waals surface area (Å²) in [6.45, 7) is 7.72. The van der Waals surface area contributed by atoms with Crippen molar-refractivity contribution in [1.29, 1.82) is 0 Å². The molecule has 0 aromatic heterocycles. The van der Waals surface area contributed by atoms with Gasteiger partial charge in [0.15, 0.2) is 0 Å². The van der Waals surface area contributed by atoms with Crippen molar-refractivity contribution < 1.29 is 13.9 Å². The van der Waals surface area contributed by atoms with Crippen LogP contribution in [0.15, 0.2) is 36.4 Å². The lowest BCUT2D eigenvalue weighted by atomic mass is 9.83. The number of benzene rings is 2. The van der Waals surface area contributed by atoms with E-state index in [2.05, 4.69) is 38.2 Å². The van der Waals surface area contributed by atoms with E-state index in [1.54, 1.807) is 0 Å². The maximum Gasteiger partial charge on any atom is 0.321 e. The quantitative estimate of drug-likeness (QED) is 0.587. The van der Waals surface area contributed by atoms with Gasteiger partial charge in [0.05, 0.1) is 5.02 Å². The number of nitrogens with zero attached hydrogens (tertiary/aromatic N) is 1. The topological polar surface area (TPSA) is 41.6 Å². The highest BCUT2D eigenvalue weighted by Gasteiger charge is 2.41. The third-order valence-electron chi connectivity index (χ3n) is 6.22. The molecule has 0 saturated carbocycles. The Bertz CT molecular complexity index is 945. The Morgan fingerprint density at radius 1 is 1.13 bits per heavy atom. The highest BCUT2D eigenvalue weighted by atomic mass is 35.5. The average Bonchev–Trinajstić information content (AvgIpc) is 2.69. The first-order chi connectivity index (χ1) is 14.2. The number of nitrogens with one attached hydrogen (secondary N) is 1. The van der Waals surface area contributed by atoms with Gasteiger partial charge in [0.25, 0.3) is 0 Å². The molecule has 1 spiro atoms. The molecule has 0 atom stereocenters. The van der Waals surface area contributed by atoms with Gasteiger partial charge in [0.2, 0.25) is 0 Å². The lowest BCUT2D eigenvalue weighted by Crippen LogP contribution is -2.52. The molecule has 1 fully saturated rings. The first kappa shape index (κ1) is 21.0. The third kappa shape index (κ3) is 4.27. The van der Waals surface area contributed by atoms with Crippen LogP contribution in [0.1, 0.15) is 51.2 Å². The van der Waals surface area contributed by atoms with Crippen LogP contribution >= 0.6 is 11.6 Å². The molecule has 2 aromatic rings. The van der Waals surface area contributed by atoms with Crippen molar-refractivity contribution in [3.63, 3.8) is 0 Å². The van der Waals surface area contributed by atoms with Gasteiger partial charge in [0, 0.05) is 31.6 Å². The van der Waals surface area contributed by atoms with Crippen molar-refractivity contribution in [3.05, 3.63) is 58.4 Å². The summed E-state index contributed by atoms with van der Waals surface area (Å²) in [5, 5.41) is 3.32. The van der Waals surface area contributed by atoms with Crippen LogP contribution in [0, 0.1) is 5.82 Å². The summed E-state index contributed by atoms with van der Waals surface area (Å²) in [6, 6.07) is 10.7. The predicted molar refractivity (Wildman–Crippen MR) is 118 cm³/mol. The van der Waals surface area contributed by atoms with Crippen LogP contribution in [0.2, 0.25) is 5.02 Å². The number of fused-ring (bicyclic) bond motifs is 1. The van der Waals surface area contributed by atoms with Crippen LogP contribution in [0.5, 0.6) is 5.75 Å². The van der Waals surface area contributed by atoms with Crippen LogP contribution in [0.25, 0.3) is 0 Å². The molecule has 30 heavy (non-hydrogen) atoms. The molecule has 2 aliphatic heterocycles. The number of aryl methyl sites for hydroxylation is 1. The minimum absolute atomic E-state index is 0.0804. The van der Waals surface area contributed by atoms with E-state index < -0.39 is 0 Å². The third-order valence-corrected chi connectivity index (χ3v) is 6.50. The van der Waals surface area contributed by atoms with Gasteiger partial charge in [-0.3, -0.25) is 0 Å². The molecule has 1 N–H and O–H groups in total. The Hall–Kier alpha value is -2.27. The van der Waals surface area contributed by atoms with E-state index in [9.17, 15) is 9.18 Å². The van der Waals surface area contributed by atoms with Gasteiger partial charge in [-0.25, -0.2) is 9.18 Å². The Balaban J connectivity index is 1.37. The van der Waals surface area contributed by atoms with Crippen molar-refractivity contribution in [2.45, 2.75) is 57.5 Å². The second-order valence-electron chi connectivity index (χ2n) is 9.41. The predicted octanol–water partition coefficient (Wildman–Crippen LogP) is 6.17. The zero-order chi connectivity index (χ0) is 21.5. The van der Waals surface area contributed by atoms with Crippen LogP contribution in [-0.2, 0) is 11.8 Å². The highest BCUT2D eigenvalue weighted by Crippen LogP contribution is 2.43. The fourth-order valence-corrected chi connectivity index (χ4v) is 4.53. The van der Waals surface area contributed by atoms with E-state index in [1.165, 1.54) is 17.7 Å². The van der Waals surface area contributed by atoms with Crippen LogP contribution in [0.3, 0.4) is 0 Å². The van der Waals surface area contributed by atoms with Crippen molar-refractivity contribution in [3.8, 4) is 5.75 Å². The summed E-state index contributed by atoms with van der Waals surface area (Å²) in [5.74, 6) is 0.265. The number of halogens is 2. The summed E-state index contributed by atoms with van der Waals surface area (Å²) in [4.78, 5) is 14.5. The summed E-state index contributed by atoms with van der Waals surface area (Å²) in [7, 11) is 0. The van der Waals surface area contributed by atoms with Gasteiger partial charge >= 0.3 is 6.03 Å². The number of rotatable bonds is 1. The van der Waals surface area contributed by atoms with Gasteiger partial charge in [-0.05, 0) is 53.6 Å². The van der Waals surface area contributed by atoms with Crippen molar-refractivity contribution >= 4 is 23.3 Å². The van der Waals surface area contributed by atoms with Gasteiger partial charge in [-0.2, -0.15) is 0 Å². The molecule has 160 valence electrons. The number of amides is 2. The molecule has 6 heteroatoms. The van der Waals surface area contributed by atoms with E-state index in [0.717, 1.165) is 36.9 Å². The molecule has 0 unspecified atom stereocenters. The smallest absolute Gasteiger partial charge is 0.321 e. The Labute approximate surface area is 182 Å². The molecule has 4 nitrogen and oxygen atoms in total. The lowest BCUT2D eigenvalue weighted by molar-refractivity contribution is -0.00439. The highest BCUT2D eigenvalue weighted by molar-refractivity contribution is 6.32. The molecule has 0 bridgehead atoms. The Kier molecular flexibility index (Phi) is 5.43. The van der Waals surface area contributed by atoms with Gasteiger partial charge < -0.3 is 15.0 Å². The Morgan fingerprint density at radius 3 is 2.43 bits per heavy atom. The second-order valence-corrected chi connectivity index (χ2v) is 9.81. The second kappa shape index (κ2) is 7.77. The fourth-order valence-electron chi connectivity index (χ4n) is 4.27. The van der Waals surface area contributed by atoms with Crippen molar-refractivity contribution in [2.24, 2.45) is 0 Å². The number of hydrogen-bond acceptors (Lipinski definition) is 2. The molecule has 2 aromatic carbocycles. The average molecular weight is 431 g/mol. The Morgan fingerprint density at radius 2 is 1.80 bits per heavy atom. The molecular weight excluding hydrogens is 403 g/mol. The SMILES string of the molecule is CC(C)(C)c1ccc(NC(=O)N2CCC3(CCc4cc(F)cc(Cl)c4O3)CC2)cc1. The van der Waals surface area contributed by atoms with E-state index in [4.69, 9.17) is 16.3 Å². The molecule has 0 radical (unpaired) electrons. The molecule has 2 amide bonds. The van der Waals surface area contributed by atoms with Crippen LogP contribution in [0.4, 0.5) is 14.9 Å². The lowest BCUT2D eigenvalue weighted by Gasteiger charge is -2.44. The van der Waals surface area contributed by atoms with Crippen molar-refractivity contribution in [1.82, 2.24) is 4.90 Å². The number of piperidine rings is 1. The zero-order valence-electron chi connectivity index (χ0n) is 17.7. The van der Waals surface area contributed by atoms with Gasteiger partial charge in [-0.1, -0.05) is 44.5 Å². The van der Waals surface area contributed by atoms with Crippen LogP contribution < -0.4 is 10.1 Å². The maximum atomic E-state index is 13.6. The minimum Gasteiger partial charge on any atom is -0.485 e. The summed E-state index contributed by atoms with van der Waals surface area (Å²) < 4.78 is 19.9. The summed E-state index contributed by atoms with van der Waals surface area (Å²) in [5.41, 5.74) is 2.60. The van der Waals surface area contributed by atoms with Crippen LogP contribution in [-0.4, -0.2) is 29.6 Å². The van der Waals surface area contributed by atoms with E-state index in [-0.39, 0.29) is 22.9 Å². The maximum absolute atomic E-state index is 13.6. The standard InChI is InChI=1S/C24H28ClFN2O2/c1-23(2,3)17-4-6-19(7-5-17)27-22(29)28-12-10-24(11-13-28)9-8-16-14-18(26)15-20(25)21(16)30-24/h4-7,14-15H,8-13H2,1-3H3,(H,27,29). The molecule has 2 aliphatic rings. The number of hydrogen-bond donors (Lipinski definition) is 1. The summed E-state index contributed by atoms with van der Waals surface area (Å²) in [6.07, 6.45) is 3.01. The van der Waals surface area contributed by atoms with Crippen molar-refractivity contribution in [2.75, 3.05) is 18.4 Å². The molecular formula is C24H28ClFN2O2. The largest absolute Gasteiger partial charge is 0.485 e. The molecule has 0 aliphatic carbocycles. The molecule has 1 saturated heterocycles. The monoisotopic (exact) mass is 430 g/mol. The first-order valence-corrected chi connectivity index (χ1v) is 10.9. The zero-order valence-corrected chi connectivity index (χ0v) is 18.5. The van der Waals surface area contributed by atoms with Gasteiger partial charge in [0.1, 0.15) is 17.2 Å². The van der Waals surface area contributed by atoms with E-state index in [1.807, 2.05) is 17.0 Å². The summed E-state index contributed by atoms with van der Waals surface area (Å²) >= 11 is 6.22. The normalized spacial score (nSPS) is 18.0.